The third-order valence-corrected chi connectivity index (χ3v) is 2.49. The molecule has 62 valence electrons. The van der Waals surface area contributed by atoms with Crippen molar-refractivity contribution < 1.29 is 4.39 Å². The topological polar surface area (TPSA) is 0 Å². The van der Waals surface area contributed by atoms with Gasteiger partial charge in [0.15, 0.2) is 0 Å². The van der Waals surface area contributed by atoms with Crippen LogP contribution in [0.5, 0.6) is 0 Å². The molecular weight excluding hydrogens is 151 g/mol. The molecule has 1 aromatic carbocycles. The molecule has 1 aliphatic rings. The molecule has 1 heteroatoms. The molecule has 1 aliphatic carbocycles. The Morgan fingerprint density at radius 3 is 2.75 bits per heavy atom. The lowest BCUT2D eigenvalue weighted by atomic mass is 10.0. The summed E-state index contributed by atoms with van der Waals surface area (Å²) < 4.78 is 13.7. The van der Waals surface area contributed by atoms with Crippen LogP contribution in [0.1, 0.15) is 18.1 Å². The van der Waals surface area contributed by atoms with E-state index in [1.807, 2.05) is 24.3 Å². The number of hydrogen-bond donors (Lipinski definition) is 0. The van der Waals surface area contributed by atoms with Crippen molar-refractivity contribution in [1.29, 1.82) is 0 Å². The number of halogens is 1. The summed E-state index contributed by atoms with van der Waals surface area (Å²) in [6.07, 6.45) is 0.474. The highest BCUT2D eigenvalue weighted by atomic mass is 19.1. The van der Waals surface area contributed by atoms with Gasteiger partial charge < -0.3 is 0 Å². The van der Waals surface area contributed by atoms with E-state index in [0.29, 0.717) is 12.0 Å². The fourth-order valence-corrected chi connectivity index (χ4v) is 1.71. The molecule has 0 fully saturated rings. The fraction of sp³-hybridized carbons (Fsp3) is 0.273. The van der Waals surface area contributed by atoms with Crippen molar-refractivity contribution in [3.05, 3.63) is 42.0 Å². The normalized spacial score (nSPS) is 27.3. The highest BCUT2D eigenvalue weighted by Crippen LogP contribution is 2.41. The van der Waals surface area contributed by atoms with E-state index >= 15 is 0 Å². The lowest BCUT2D eigenvalue weighted by Crippen LogP contribution is -2.15. The van der Waals surface area contributed by atoms with Crippen molar-refractivity contribution in [3.63, 3.8) is 0 Å². The van der Waals surface area contributed by atoms with Crippen LogP contribution in [0.2, 0.25) is 0 Å². The Kier molecular flexibility index (Phi) is 1.38. The van der Waals surface area contributed by atoms with Crippen molar-refractivity contribution >= 4 is 5.57 Å². The van der Waals surface area contributed by atoms with Gasteiger partial charge in [-0.15, -0.1) is 0 Å². The number of alkyl halides is 1. The third kappa shape index (κ3) is 0.893. The maximum absolute atomic E-state index is 13.7. The molecule has 0 nitrogen and oxygen atoms in total. The average molecular weight is 162 g/mol. The monoisotopic (exact) mass is 162 g/mol. The van der Waals surface area contributed by atoms with Gasteiger partial charge in [0.1, 0.15) is 5.67 Å². The zero-order chi connectivity index (χ0) is 8.77. The second kappa shape index (κ2) is 2.19. The summed E-state index contributed by atoms with van der Waals surface area (Å²) in [5.74, 6) is 0. The van der Waals surface area contributed by atoms with Crippen LogP contribution in [0.25, 0.3) is 5.57 Å². The number of fused-ring (bicyclic) bond motifs is 1. The summed E-state index contributed by atoms with van der Waals surface area (Å²) in [5.41, 5.74) is 1.46. The summed E-state index contributed by atoms with van der Waals surface area (Å²) >= 11 is 0. The van der Waals surface area contributed by atoms with E-state index in [1.165, 1.54) is 0 Å². The molecule has 0 radical (unpaired) electrons. The SMILES string of the molecule is C=C1c2ccccc2C[C@@]1(C)F. The van der Waals surface area contributed by atoms with Gasteiger partial charge in [-0.2, -0.15) is 0 Å². The lowest BCUT2D eigenvalue weighted by molar-refractivity contribution is 0.280. The van der Waals surface area contributed by atoms with Crippen molar-refractivity contribution in [2.45, 2.75) is 19.0 Å². The van der Waals surface area contributed by atoms with Crippen LogP contribution in [-0.4, -0.2) is 5.67 Å². The fourth-order valence-electron chi connectivity index (χ4n) is 1.71. The van der Waals surface area contributed by atoms with E-state index < -0.39 is 5.67 Å². The minimum atomic E-state index is -1.23. The summed E-state index contributed by atoms with van der Waals surface area (Å²) in [7, 11) is 0. The van der Waals surface area contributed by atoms with Crippen LogP contribution in [0, 0.1) is 0 Å². The Morgan fingerprint density at radius 2 is 2.08 bits per heavy atom. The molecule has 0 aromatic heterocycles. The first kappa shape index (κ1) is 7.53. The van der Waals surface area contributed by atoms with Gasteiger partial charge in [0.25, 0.3) is 0 Å². The second-order valence-electron chi connectivity index (χ2n) is 3.51. The number of allylic oxidation sites excluding steroid dienone is 1. The summed E-state index contributed by atoms with van der Waals surface area (Å²) in [5, 5.41) is 0. The molecule has 0 saturated carbocycles. The maximum atomic E-state index is 13.7. The Balaban J connectivity index is 2.57. The van der Waals surface area contributed by atoms with Gasteiger partial charge in [-0.05, 0) is 23.6 Å². The molecule has 0 saturated heterocycles. The molecule has 0 unspecified atom stereocenters. The quantitative estimate of drug-likeness (QED) is 0.550. The standard InChI is InChI=1S/C11H11F/c1-8-10-6-4-3-5-9(10)7-11(8,2)12/h3-6H,1,7H2,2H3/t11-/m1/s1. The van der Waals surface area contributed by atoms with Gasteiger partial charge in [0.05, 0.1) is 0 Å². The van der Waals surface area contributed by atoms with Gasteiger partial charge >= 0.3 is 0 Å². The van der Waals surface area contributed by atoms with Crippen molar-refractivity contribution in [1.82, 2.24) is 0 Å². The largest absolute Gasteiger partial charge is 0.239 e. The van der Waals surface area contributed by atoms with Crippen LogP contribution in [0.15, 0.2) is 30.8 Å². The van der Waals surface area contributed by atoms with E-state index in [2.05, 4.69) is 6.58 Å². The smallest absolute Gasteiger partial charge is 0.137 e. The number of rotatable bonds is 0. The summed E-state index contributed by atoms with van der Waals surface area (Å²) in [6.45, 7) is 5.37. The van der Waals surface area contributed by atoms with Gasteiger partial charge in [0, 0.05) is 6.42 Å². The highest BCUT2D eigenvalue weighted by Gasteiger charge is 2.35. The maximum Gasteiger partial charge on any atom is 0.137 e. The van der Waals surface area contributed by atoms with Gasteiger partial charge in [0.2, 0.25) is 0 Å². The number of hydrogen-bond acceptors (Lipinski definition) is 0. The molecular formula is C11H11F. The Bertz CT molecular complexity index is 337. The predicted octanol–water partition coefficient (Wildman–Crippen LogP) is 2.98. The molecule has 0 spiro atoms. The zero-order valence-corrected chi connectivity index (χ0v) is 7.10. The van der Waals surface area contributed by atoms with E-state index in [0.717, 1.165) is 11.1 Å². The predicted molar refractivity (Wildman–Crippen MR) is 48.7 cm³/mol. The van der Waals surface area contributed by atoms with Crippen LogP contribution < -0.4 is 0 Å². The molecule has 0 heterocycles. The molecule has 12 heavy (non-hydrogen) atoms. The first-order valence-corrected chi connectivity index (χ1v) is 4.08. The molecule has 0 aliphatic heterocycles. The molecule has 0 bridgehead atoms. The van der Waals surface area contributed by atoms with E-state index in [4.69, 9.17) is 0 Å². The molecule has 0 N–H and O–H groups in total. The first-order valence-electron chi connectivity index (χ1n) is 4.08. The molecule has 1 aromatic rings. The molecule has 2 rings (SSSR count). The van der Waals surface area contributed by atoms with Crippen molar-refractivity contribution in [2.75, 3.05) is 0 Å². The zero-order valence-electron chi connectivity index (χ0n) is 7.10. The lowest BCUT2D eigenvalue weighted by Gasteiger charge is -2.12. The Labute approximate surface area is 71.7 Å². The van der Waals surface area contributed by atoms with E-state index in [1.54, 1.807) is 6.92 Å². The van der Waals surface area contributed by atoms with Crippen molar-refractivity contribution in [3.8, 4) is 0 Å². The minimum Gasteiger partial charge on any atom is -0.239 e. The minimum absolute atomic E-state index is 0.474. The summed E-state index contributed by atoms with van der Waals surface area (Å²) in [4.78, 5) is 0. The van der Waals surface area contributed by atoms with Crippen molar-refractivity contribution in [2.24, 2.45) is 0 Å². The van der Waals surface area contributed by atoms with Crippen LogP contribution in [0.4, 0.5) is 4.39 Å². The van der Waals surface area contributed by atoms with Gasteiger partial charge in [-0.3, -0.25) is 0 Å². The first-order chi connectivity index (χ1) is 5.61. The average Bonchev–Trinajstić information content (AvgIpc) is 2.24. The third-order valence-electron chi connectivity index (χ3n) is 2.49. The van der Waals surface area contributed by atoms with E-state index in [-0.39, 0.29) is 0 Å². The molecule has 0 amide bonds. The summed E-state index contributed by atoms with van der Waals surface area (Å²) in [6, 6.07) is 7.76. The molecule has 1 atom stereocenters. The van der Waals surface area contributed by atoms with E-state index in [9.17, 15) is 4.39 Å². The van der Waals surface area contributed by atoms with Gasteiger partial charge in [-0.1, -0.05) is 30.8 Å². The highest BCUT2D eigenvalue weighted by molar-refractivity contribution is 5.77. The van der Waals surface area contributed by atoms with Crippen LogP contribution in [0.3, 0.4) is 0 Å². The van der Waals surface area contributed by atoms with Crippen LogP contribution >= 0.6 is 0 Å². The Hall–Kier alpha value is -1.11. The Morgan fingerprint density at radius 1 is 1.42 bits per heavy atom. The second-order valence-corrected chi connectivity index (χ2v) is 3.51. The van der Waals surface area contributed by atoms with Crippen LogP contribution in [-0.2, 0) is 6.42 Å². The van der Waals surface area contributed by atoms with Gasteiger partial charge in [-0.25, -0.2) is 4.39 Å². The number of benzene rings is 1.